The van der Waals surface area contributed by atoms with E-state index in [1.807, 2.05) is 30.3 Å². The van der Waals surface area contributed by atoms with Crippen molar-refractivity contribution < 1.29 is 18.7 Å². The molecule has 0 aliphatic heterocycles. The van der Waals surface area contributed by atoms with Crippen LogP contribution in [-0.4, -0.2) is 20.0 Å². The third kappa shape index (κ3) is 3.12. The van der Waals surface area contributed by atoms with Crippen molar-refractivity contribution in [2.75, 3.05) is 14.2 Å². The fraction of sp³-hybridized carbons (Fsp3) is 0.0870. The number of halogens is 1. The summed E-state index contributed by atoms with van der Waals surface area (Å²) in [4.78, 5) is 13.3. The molecule has 0 fully saturated rings. The number of furan rings is 1. The summed E-state index contributed by atoms with van der Waals surface area (Å²) in [7, 11) is 3.15. The van der Waals surface area contributed by atoms with Crippen LogP contribution in [-0.2, 0) is 0 Å². The average molecular weight is 393 g/mol. The van der Waals surface area contributed by atoms with E-state index < -0.39 is 0 Å². The van der Waals surface area contributed by atoms with Crippen molar-refractivity contribution in [1.29, 1.82) is 0 Å². The Morgan fingerprint density at radius 2 is 1.64 bits per heavy atom. The van der Waals surface area contributed by atoms with E-state index in [0.29, 0.717) is 33.2 Å². The Labute approximate surface area is 167 Å². The van der Waals surface area contributed by atoms with Crippen LogP contribution in [0.3, 0.4) is 0 Å². The predicted octanol–water partition coefficient (Wildman–Crippen LogP) is 6.00. The van der Waals surface area contributed by atoms with E-state index in [4.69, 9.17) is 25.5 Å². The Hall–Kier alpha value is -3.24. The lowest BCUT2D eigenvalue weighted by atomic mass is 9.97. The van der Waals surface area contributed by atoms with Crippen LogP contribution in [0.2, 0.25) is 5.02 Å². The molecule has 4 rings (SSSR count). The lowest BCUT2D eigenvalue weighted by Gasteiger charge is -2.07. The van der Waals surface area contributed by atoms with Gasteiger partial charge >= 0.3 is 0 Å². The third-order valence-corrected chi connectivity index (χ3v) is 4.81. The van der Waals surface area contributed by atoms with Crippen LogP contribution >= 0.6 is 11.6 Å². The van der Waals surface area contributed by atoms with Gasteiger partial charge in [-0.05, 0) is 29.8 Å². The van der Waals surface area contributed by atoms with Gasteiger partial charge in [-0.1, -0.05) is 41.9 Å². The molecule has 0 spiro atoms. The van der Waals surface area contributed by atoms with Crippen molar-refractivity contribution in [3.05, 3.63) is 83.1 Å². The first-order valence-electron chi connectivity index (χ1n) is 8.66. The minimum Gasteiger partial charge on any atom is -0.496 e. The maximum atomic E-state index is 13.3. The third-order valence-electron chi connectivity index (χ3n) is 4.56. The molecule has 1 aromatic heterocycles. The molecule has 0 aliphatic rings. The zero-order valence-corrected chi connectivity index (χ0v) is 16.1. The number of carbonyl (C=O) groups is 1. The predicted molar refractivity (Wildman–Crippen MR) is 110 cm³/mol. The second kappa shape index (κ2) is 7.41. The van der Waals surface area contributed by atoms with Gasteiger partial charge in [-0.2, -0.15) is 0 Å². The molecular weight excluding hydrogens is 376 g/mol. The summed E-state index contributed by atoms with van der Waals surface area (Å²) in [5.74, 6) is 1.18. The Morgan fingerprint density at radius 3 is 2.29 bits per heavy atom. The van der Waals surface area contributed by atoms with Crippen molar-refractivity contribution in [2.24, 2.45) is 0 Å². The van der Waals surface area contributed by atoms with Gasteiger partial charge in [0, 0.05) is 28.3 Å². The number of hydrogen-bond donors (Lipinski definition) is 0. The molecule has 4 nitrogen and oxygen atoms in total. The molecule has 0 amide bonds. The molecule has 3 aromatic carbocycles. The van der Waals surface area contributed by atoms with Crippen LogP contribution < -0.4 is 9.47 Å². The van der Waals surface area contributed by atoms with Gasteiger partial charge in [0.15, 0.2) is 5.76 Å². The van der Waals surface area contributed by atoms with Gasteiger partial charge in [-0.3, -0.25) is 4.79 Å². The molecule has 0 N–H and O–H groups in total. The van der Waals surface area contributed by atoms with Gasteiger partial charge < -0.3 is 13.9 Å². The molecule has 1 heterocycles. The van der Waals surface area contributed by atoms with Crippen LogP contribution in [0.4, 0.5) is 0 Å². The number of ketones is 1. The van der Waals surface area contributed by atoms with Crippen molar-refractivity contribution in [2.45, 2.75) is 0 Å². The molecule has 0 saturated carbocycles. The number of methoxy groups -OCH3 is 2. The molecule has 0 unspecified atom stereocenters. The Balaban J connectivity index is 2.02. The van der Waals surface area contributed by atoms with Crippen molar-refractivity contribution in [3.63, 3.8) is 0 Å². The average Bonchev–Trinajstić information content (AvgIpc) is 3.13. The first-order valence-corrected chi connectivity index (χ1v) is 9.04. The largest absolute Gasteiger partial charge is 0.496 e. The van der Waals surface area contributed by atoms with Crippen LogP contribution in [0.15, 0.2) is 71.1 Å². The van der Waals surface area contributed by atoms with Crippen molar-refractivity contribution >= 4 is 28.4 Å². The standard InChI is InChI=1S/C23H17ClO4/c1-26-17-12-18(27-2)21-19(13-17)28-23(20(21)14-6-4-3-5-7-14)22(25)15-8-10-16(24)11-9-15/h3-13H,1-2H3. The molecular formula is C23H17ClO4. The number of ether oxygens (including phenoxy) is 2. The summed E-state index contributed by atoms with van der Waals surface area (Å²) >= 11 is 5.96. The van der Waals surface area contributed by atoms with E-state index in [0.717, 1.165) is 10.9 Å². The second-order valence-electron chi connectivity index (χ2n) is 6.21. The smallest absolute Gasteiger partial charge is 0.228 e. The molecule has 0 saturated heterocycles. The molecule has 0 bridgehead atoms. The first-order chi connectivity index (χ1) is 13.6. The summed E-state index contributed by atoms with van der Waals surface area (Å²) in [6.07, 6.45) is 0. The zero-order chi connectivity index (χ0) is 19.7. The van der Waals surface area contributed by atoms with Crippen LogP contribution in [0.1, 0.15) is 16.1 Å². The lowest BCUT2D eigenvalue weighted by Crippen LogP contribution is -2.01. The summed E-state index contributed by atoms with van der Waals surface area (Å²) in [5.41, 5.74) is 2.57. The monoisotopic (exact) mass is 392 g/mol. The number of fused-ring (bicyclic) bond motifs is 1. The lowest BCUT2D eigenvalue weighted by molar-refractivity contribution is 0.101. The fourth-order valence-corrected chi connectivity index (χ4v) is 3.34. The highest BCUT2D eigenvalue weighted by Crippen LogP contribution is 2.43. The van der Waals surface area contributed by atoms with Gasteiger partial charge in [-0.15, -0.1) is 0 Å². The molecule has 4 aromatic rings. The van der Waals surface area contributed by atoms with Crippen molar-refractivity contribution in [3.8, 4) is 22.6 Å². The highest BCUT2D eigenvalue weighted by Gasteiger charge is 2.26. The number of benzene rings is 3. The maximum Gasteiger partial charge on any atom is 0.228 e. The molecule has 28 heavy (non-hydrogen) atoms. The minimum absolute atomic E-state index is 0.229. The maximum absolute atomic E-state index is 13.3. The van der Waals surface area contributed by atoms with Crippen LogP contribution in [0, 0.1) is 0 Å². The van der Waals surface area contributed by atoms with Crippen molar-refractivity contribution in [1.82, 2.24) is 0 Å². The Kier molecular flexibility index (Phi) is 4.80. The van der Waals surface area contributed by atoms with E-state index >= 15 is 0 Å². The van der Waals surface area contributed by atoms with E-state index in [-0.39, 0.29) is 11.5 Å². The second-order valence-corrected chi connectivity index (χ2v) is 6.65. The molecule has 0 radical (unpaired) electrons. The number of rotatable bonds is 5. The van der Waals surface area contributed by atoms with Gasteiger partial charge in [0.2, 0.25) is 5.78 Å². The Morgan fingerprint density at radius 1 is 0.929 bits per heavy atom. The highest BCUT2D eigenvalue weighted by atomic mass is 35.5. The summed E-state index contributed by atoms with van der Waals surface area (Å²) in [5, 5.41) is 1.29. The number of carbonyl (C=O) groups excluding carboxylic acids is 1. The van der Waals surface area contributed by atoms with Gasteiger partial charge in [0.05, 0.1) is 19.6 Å². The summed E-state index contributed by atoms with van der Waals surface area (Å²) in [6.45, 7) is 0. The topological polar surface area (TPSA) is 48.7 Å². The van der Waals surface area contributed by atoms with E-state index in [1.165, 1.54) is 0 Å². The summed E-state index contributed by atoms with van der Waals surface area (Å²) < 4.78 is 17.0. The summed E-state index contributed by atoms with van der Waals surface area (Å²) in [6, 6.07) is 19.9. The minimum atomic E-state index is -0.229. The highest BCUT2D eigenvalue weighted by molar-refractivity contribution is 6.30. The SMILES string of the molecule is COc1cc(OC)c2c(-c3ccccc3)c(C(=O)c3ccc(Cl)cc3)oc2c1. The van der Waals surface area contributed by atoms with Gasteiger partial charge in [-0.25, -0.2) is 0 Å². The van der Waals surface area contributed by atoms with E-state index in [9.17, 15) is 4.79 Å². The molecule has 0 aliphatic carbocycles. The Bertz CT molecular complexity index is 1140. The zero-order valence-electron chi connectivity index (χ0n) is 15.4. The molecule has 140 valence electrons. The number of hydrogen-bond acceptors (Lipinski definition) is 4. The van der Waals surface area contributed by atoms with E-state index in [2.05, 4.69) is 0 Å². The van der Waals surface area contributed by atoms with Crippen LogP contribution in [0.5, 0.6) is 11.5 Å². The quantitative estimate of drug-likeness (QED) is 0.391. The fourth-order valence-electron chi connectivity index (χ4n) is 3.22. The molecule has 5 heteroatoms. The van der Waals surface area contributed by atoms with Crippen LogP contribution in [0.25, 0.3) is 22.1 Å². The van der Waals surface area contributed by atoms with E-state index in [1.54, 1.807) is 50.6 Å². The van der Waals surface area contributed by atoms with Gasteiger partial charge in [0.1, 0.15) is 17.1 Å². The van der Waals surface area contributed by atoms with Gasteiger partial charge in [0.25, 0.3) is 0 Å². The molecule has 0 atom stereocenters. The first kappa shape index (κ1) is 18.1. The normalized spacial score (nSPS) is 10.8.